The minimum absolute atomic E-state index is 0. The molecule has 0 atom stereocenters. The minimum Gasteiger partial charge on any atom is -0.493 e. The van der Waals surface area contributed by atoms with Crippen molar-refractivity contribution in [1.82, 2.24) is 4.90 Å². The Morgan fingerprint density at radius 1 is 0.962 bits per heavy atom. The van der Waals surface area contributed by atoms with Crippen LogP contribution in [0.3, 0.4) is 0 Å². The molecular weight excluding hydrogens is 352 g/mol. The minimum atomic E-state index is 0. The molecule has 0 aliphatic carbocycles. The van der Waals surface area contributed by atoms with E-state index in [1.165, 1.54) is 5.56 Å². The molecule has 0 heterocycles. The Kier molecular flexibility index (Phi) is 9.55. The molecule has 2 N–H and O–H groups in total. The second-order valence-electron chi connectivity index (χ2n) is 5.77. The van der Waals surface area contributed by atoms with E-state index in [4.69, 9.17) is 15.2 Å². The molecule has 0 saturated carbocycles. The van der Waals surface area contributed by atoms with Crippen LogP contribution in [-0.2, 0) is 17.6 Å². The molecule has 0 saturated heterocycles. The van der Waals surface area contributed by atoms with Crippen molar-refractivity contribution in [3.05, 3.63) is 59.7 Å². The van der Waals surface area contributed by atoms with Gasteiger partial charge in [-0.15, -0.1) is 12.4 Å². The van der Waals surface area contributed by atoms with Crippen LogP contribution >= 0.6 is 12.4 Å². The van der Waals surface area contributed by atoms with Crippen molar-refractivity contribution >= 4 is 18.3 Å². The van der Waals surface area contributed by atoms with Gasteiger partial charge in [0.15, 0.2) is 11.5 Å². The molecule has 0 fully saturated rings. The molecule has 0 aliphatic rings. The number of nitrogens with two attached hydrogens (primary N) is 1. The van der Waals surface area contributed by atoms with Crippen LogP contribution in [-0.4, -0.2) is 44.7 Å². The Labute approximate surface area is 161 Å². The van der Waals surface area contributed by atoms with Gasteiger partial charge < -0.3 is 20.1 Å². The second-order valence-corrected chi connectivity index (χ2v) is 5.77. The maximum Gasteiger partial charge on any atom is 0.227 e. The van der Waals surface area contributed by atoms with Crippen LogP contribution in [0.15, 0.2) is 48.5 Å². The number of ether oxygens (including phenoxy) is 2. The highest BCUT2D eigenvalue weighted by molar-refractivity contribution is 5.85. The number of amides is 1. The van der Waals surface area contributed by atoms with E-state index in [-0.39, 0.29) is 18.3 Å². The van der Waals surface area contributed by atoms with Crippen molar-refractivity contribution in [2.45, 2.75) is 12.8 Å². The van der Waals surface area contributed by atoms with Gasteiger partial charge in [0.25, 0.3) is 0 Å². The molecule has 0 aliphatic heterocycles. The van der Waals surface area contributed by atoms with E-state index in [0.29, 0.717) is 37.6 Å². The summed E-state index contributed by atoms with van der Waals surface area (Å²) in [7, 11) is 3.18. The van der Waals surface area contributed by atoms with Crippen LogP contribution in [0.4, 0.5) is 0 Å². The third-order valence-electron chi connectivity index (χ3n) is 4.07. The highest BCUT2D eigenvalue weighted by atomic mass is 35.5. The van der Waals surface area contributed by atoms with Gasteiger partial charge in [-0.25, -0.2) is 0 Å². The van der Waals surface area contributed by atoms with Gasteiger partial charge >= 0.3 is 0 Å². The number of halogens is 1. The Morgan fingerprint density at radius 2 is 1.65 bits per heavy atom. The Hall–Kier alpha value is -2.24. The summed E-state index contributed by atoms with van der Waals surface area (Å²) < 4.78 is 10.5. The van der Waals surface area contributed by atoms with E-state index in [1.54, 1.807) is 14.2 Å². The van der Waals surface area contributed by atoms with Crippen LogP contribution in [0, 0.1) is 0 Å². The summed E-state index contributed by atoms with van der Waals surface area (Å²) in [5, 5.41) is 0. The van der Waals surface area contributed by atoms with Gasteiger partial charge in [-0.2, -0.15) is 0 Å². The van der Waals surface area contributed by atoms with Crippen LogP contribution in [0.2, 0.25) is 0 Å². The van der Waals surface area contributed by atoms with Crippen molar-refractivity contribution in [1.29, 1.82) is 0 Å². The van der Waals surface area contributed by atoms with Crippen molar-refractivity contribution in [3.8, 4) is 11.5 Å². The first-order valence-electron chi connectivity index (χ1n) is 8.40. The van der Waals surface area contributed by atoms with E-state index in [0.717, 1.165) is 12.0 Å². The molecule has 5 nitrogen and oxygen atoms in total. The zero-order valence-electron chi connectivity index (χ0n) is 15.3. The second kappa shape index (κ2) is 11.4. The van der Waals surface area contributed by atoms with E-state index >= 15 is 0 Å². The zero-order chi connectivity index (χ0) is 18.1. The van der Waals surface area contributed by atoms with Gasteiger partial charge in [0, 0.05) is 19.6 Å². The quantitative estimate of drug-likeness (QED) is 0.728. The number of hydrogen-bond donors (Lipinski definition) is 1. The lowest BCUT2D eigenvalue weighted by Crippen LogP contribution is -2.37. The molecule has 0 radical (unpaired) electrons. The molecule has 2 aromatic carbocycles. The molecule has 0 spiro atoms. The van der Waals surface area contributed by atoms with E-state index in [1.807, 2.05) is 41.3 Å². The topological polar surface area (TPSA) is 64.8 Å². The Morgan fingerprint density at radius 3 is 2.27 bits per heavy atom. The molecule has 1 amide bonds. The summed E-state index contributed by atoms with van der Waals surface area (Å²) in [6, 6.07) is 15.7. The first-order valence-corrected chi connectivity index (χ1v) is 8.40. The fourth-order valence-electron chi connectivity index (χ4n) is 2.70. The van der Waals surface area contributed by atoms with E-state index in [9.17, 15) is 4.79 Å². The first-order chi connectivity index (χ1) is 12.2. The number of carbonyl (C=O) groups is 1. The van der Waals surface area contributed by atoms with Crippen LogP contribution in [0.25, 0.3) is 0 Å². The normalized spacial score (nSPS) is 9.96. The van der Waals surface area contributed by atoms with Gasteiger partial charge in [-0.1, -0.05) is 36.4 Å². The standard InChI is InChI=1S/C20H26N2O3.ClH/c1-24-18-9-8-17(14-19(18)25-2)15-20(23)22(13-11-21)12-10-16-6-4-3-5-7-16;/h3-9,14H,10-13,15,21H2,1-2H3;1H. The van der Waals surface area contributed by atoms with Crippen molar-refractivity contribution in [3.63, 3.8) is 0 Å². The molecule has 6 heteroatoms. The van der Waals surface area contributed by atoms with Gasteiger partial charge in [0.05, 0.1) is 20.6 Å². The fourth-order valence-corrected chi connectivity index (χ4v) is 2.70. The number of nitrogens with zero attached hydrogens (tertiary/aromatic N) is 1. The van der Waals surface area contributed by atoms with Gasteiger partial charge in [0.2, 0.25) is 5.91 Å². The third kappa shape index (κ3) is 6.24. The third-order valence-corrected chi connectivity index (χ3v) is 4.07. The number of hydrogen-bond acceptors (Lipinski definition) is 4. The number of carbonyl (C=O) groups excluding carboxylic acids is 1. The largest absolute Gasteiger partial charge is 0.493 e. The molecule has 26 heavy (non-hydrogen) atoms. The number of methoxy groups -OCH3 is 2. The zero-order valence-corrected chi connectivity index (χ0v) is 16.1. The summed E-state index contributed by atoms with van der Waals surface area (Å²) in [6.07, 6.45) is 1.13. The van der Waals surface area contributed by atoms with Crippen LogP contribution < -0.4 is 15.2 Å². The Balaban J connectivity index is 0.00000338. The van der Waals surface area contributed by atoms with Gasteiger partial charge in [0.1, 0.15) is 0 Å². The monoisotopic (exact) mass is 378 g/mol. The lowest BCUT2D eigenvalue weighted by atomic mass is 10.1. The highest BCUT2D eigenvalue weighted by Crippen LogP contribution is 2.27. The molecule has 0 bridgehead atoms. The smallest absolute Gasteiger partial charge is 0.227 e. The van der Waals surface area contributed by atoms with Crippen molar-refractivity contribution in [2.75, 3.05) is 33.9 Å². The molecule has 2 rings (SSSR count). The van der Waals surface area contributed by atoms with Crippen LogP contribution in [0.5, 0.6) is 11.5 Å². The lowest BCUT2D eigenvalue weighted by Gasteiger charge is -2.22. The van der Waals surface area contributed by atoms with Gasteiger partial charge in [-0.05, 0) is 29.7 Å². The first kappa shape index (κ1) is 21.8. The molecule has 0 unspecified atom stereocenters. The Bertz CT molecular complexity index is 680. The summed E-state index contributed by atoms with van der Waals surface area (Å²) >= 11 is 0. The molecule has 2 aromatic rings. The maximum atomic E-state index is 12.7. The van der Waals surface area contributed by atoms with Crippen LogP contribution in [0.1, 0.15) is 11.1 Å². The fraction of sp³-hybridized carbons (Fsp3) is 0.350. The van der Waals surface area contributed by atoms with Crippen molar-refractivity contribution in [2.24, 2.45) is 5.73 Å². The number of rotatable bonds is 9. The summed E-state index contributed by atoms with van der Waals surface area (Å²) in [5.74, 6) is 1.35. The lowest BCUT2D eigenvalue weighted by molar-refractivity contribution is -0.130. The summed E-state index contributed by atoms with van der Waals surface area (Å²) in [6.45, 7) is 1.67. The van der Waals surface area contributed by atoms with E-state index < -0.39 is 0 Å². The van der Waals surface area contributed by atoms with Crippen molar-refractivity contribution < 1.29 is 14.3 Å². The summed E-state index contributed by atoms with van der Waals surface area (Å²) in [4.78, 5) is 14.5. The molecule has 0 aromatic heterocycles. The average Bonchev–Trinajstić information content (AvgIpc) is 2.65. The average molecular weight is 379 g/mol. The van der Waals surface area contributed by atoms with Gasteiger partial charge in [-0.3, -0.25) is 4.79 Å². The predicted molar refractivity (Wildman–Crippen MR) is 106 cm³/mol. The SMILES string of the molecule is COc1ccc(CC(=O)N(CCN)CCc2ccccc2)cc1OC.Cl. The maximum absolute atomic E-state index is 12.7. The summed E-state index contributed by atoms with van der Waals surface area (Å²) in [5.41, 5.74) is 7.79. The molecular formula is C20H27ClN2O3. The number of benzene rings is 2. The predicted octanol–water partition coefficient (Wildman–Crippen LogP) is 2.70. The molecule has 142 valence electrons. The highest BCUT2D eigenvalue weighted by Gasteiger charge is 2.15. The van der Waals surface area contributed by atoms with E-state index in [2.05, 4.69) is 12.1 Å².